The van der Waals surface area contributed by atoms with Gasteiger partial charge in [0.1, 0.15) is 5.75 Å². The molecule has 0 aliphatic rings. The van der Waals surface area contributed by atoms with E-state index in [0.29, 0.717) is 26.0 Å². The van der Waals surface area contributed by atoms with Gasteiger partial charge in [-0.05, 0) is 41.0 Å². The topological polar surface area (TPSA) is 50.4 Å². The molecule has 5 heteroatoms. The summed E-state index contributed by atoms with van der Waals surface area (Å²) >= 11 is 3.41. The van der Waals surface area contributed by atoms with E-state index in [1.165, 1.54) is 0 Å². The van der Waals surface area contributed by atoms with Gasteiger partial charge in [0.05, 0.1) is 11.1 Å². The standard InChI is InChI=1S/C14H21BrN2O2/c1-2-16-9-10-17-14(18)8-5-11-19-13-7-4-3-6-12(13)15/h3-4,6-7,16H,2,5,8-11H2,1H3,(H,17,18). The molecule has 0 fully saturated rings. The molecule has 106 valence electrons. The number of likely N-dealkylation sites (N-methyl/N-ethyl adjacent to an activating group) is 1. The van der Waals surface area contributed by atoms with Crippen molar-refractivity contribution in [2.45, 2.75) is 19.8 Å². The normalized spacial score (nSPS) is 10.2. The molecule has 0 atom stereocenters. The van der Waals surface area contributed by atoms with Gasteiger partial charge < -0.3 is 15.4 Å². The zero-order valence-electron chi connectivity index (χ0n) is 11.2. The van der Waals surface area contributed by atoms with Crippen LogP contribution >= 0.6 is 15.9 Å². The summed E-state index contributed by atoms with van der Waals surface area (Å²) in [5.41, 5.74) is 0. The van der Waals surface area contributed by atoms with E-state index < -0.39 is 0 Å². The van der Waals surface area contributed by atoms with Crippen molar-refractivity contribution in [3.63, 3.8) is 0 Å². The number of carbonyl (C=O) groups excluding carboxylic acids is 1. The van der Waals surface area contributed by atoms with Crippen LogP contribution in [0, 0.1) is 0 Å². The predicted octanol–water partition coefficient (Wildman–Crippen LogP) is 2.33. The molecule has 0 unspecified atom stereocenters. The Balaban J connectivity index is 2.07. The molecule has 0 bridgehead atoms. The summed E-state index contributed by atoms with van der Waals surface area (Å²) in [7, 11) is 0. The molecule has 4 nitrogen and oxygen atoms in total. The number of amides is 1. The van der Waals surface area contributed by atoms with Crippen molar-refractivity contribution in [3.8, 4) is 5.75 Å². The maximum Gasteiger partial charge on any atom is 0.220 e. The van der Waals surface area contributed by atoms with Crippen LogP contribution < -0.4 is 15.4 Å². The third kappa shape index (κ3) is 7.18. The third-order valence-corrected chi connectivity index (χ3v) is 3.17. The Kier molecular flexibility index (Phi) is 8.25. The first-order valence-corrected chi connectivity index (χ1v) is 7.38. The largest absolute Gasteiger partial charge is 0.492 e. The number of carbonyl (C=O) groups is 1. The average Bonchev–Trinajstić information content (AvgIpc) is 2.41. The highest BCUT2D eigenvalue weighted by atomic mass is 79.9. The Morgan fingerprint density at radius 3 is 2.84 bits per heavy atom. The van der Waals surface area contributed by atoms with Crippen LogP contribution in [0.25, 0.3) is 0 Å². The lowest BCUT2D eigenvalue weighted by molar-refractivity contribution is -0.121. The number of nitrogens with one attached hydrogen (secondary N) is 2. The molecule has 0 saturated heterocycles. The number of hydrogen-bond donors (Lipinski definition) is 2. The number of para-hydroxylation sites is 1. The van der Waals surface area contributed by atoms with Crippen molar-refractivity contribution in [2.24, 2.45) is 0 Å². The molecule has 1 rings (SSSR count). The van der Waals surface area contributed by atoms with E-state index >= 15 is 0 Å². The zero-order chi connectivity index (χ0) is 13.9. The van der Waals surface area contributed by atoms with Crippen molar-refractivity contribution in [3.05, 3.63) is 28.7 Å². The first kappa shape index (κ1) is 16.0. The molecule has 0 aliphatic carbocycles. The molecule has 0 aliphatic heterocycles. The van der Waals surface area contributed by atoms with Gasteiger partial charge in [0, 0.05) is 19.5 Å². The van der Waals surface area contributed by atoms with Crippen molar-refractivity contribution in [2.75, 3.05) is 26.2 Å². The maximum atomic E-state index is 11.5. The van der Waals surface area contributed by atoms with E-state index in [-0.39, 0.29) is 5.91 Å². The minimum Gasteiger partial charge on any atom is -0.492 e. The van der Waals surface area contributed by atoms with Crippen LogP contribution in [0.2, 0.25) is 0 Å². The van der Waals surface area contributed by atoms with Gasteiger partial charge in [0.15, 0.2) is 0 Å². The fraction of sp³-hybridized carbons (Fsp3) is 0.500. The third-order valence-electron chi connectivity index (χ3n) is 2.52. The summed E-state index contributed by atoms with van der Waals surface area (Å²) in [5.74, 6) is 0.892. The molecular formula is C14H21BrN2O2. The van der Waals surface area contributed by atoms with Crippen LogP contribution in [-0.4, -0.2) is 32.1 Å². The Bertz CT molecular complexity index is 385. The molecule has 0 aromatic heterocycles. The molecule has 1 aromatic rings. The molecule has 0 spiro atoms. The first-order chi connectivity index (χ1) is 9.24. The second kappa shape index (κ2) is 9.81. The minimum absolute atomic E-state index is 0.0774. The van der Waals surface area contributed by atoms with Gasteiger partial charge in [0.25, 0.3) is 0 Å². The van der Waals surface area contributed by atoms with Crippen LogP contribution in [0.5, 0.6) is 5.75 Å². The number of halogens is 1. The maximum absolute atomic E-state index is 11.5. The van der Waals surface area contributed by atoms with Gasteiger partial charge in [-0.25, -0.2) is 0 Å². The molecule has 0 radical (unpaired) electrons. The Hall–Kier alpha value is -1.07. The highest BCUT2D eigenvalue weighted by Crippen LogP contribution is 2.23. The number of hydrogen-bond acceptors (Lipinski definition) is 3. The van der Waals surface area contributed by atoms with Crippen LogP contribution in [0.15, 0.2) is 28.7 Å². The Labute approximate surface area is 123 Å². The lowest BCUT2D eigenvalue weighted by Gasteiger charge is -2.08. The summed E-state index contributed by atoms with van der Waals surface area (Å²) < 4.78 is 6.53. The Morgan fingerprint density at radius 1 is 1.32 bits per heavy atom. The van der Waals surface area contributed by atoms with Gasteiger partial charge in [-0.3, -0.25) is 4.79 Å². The quantitative estimate of drug-likeness (QED) is 0.684. The van der Waals surface area contributed by atoms with Gasteiger partial charge >= 0.3 is 0 Å². The van der Waals surface area contributed by atoms with Crippen LogP contribution in [0.1, 0.15) is 19.8 Å². The second-order valence-corrected chi connectivity index (χ2v) is 4.94. The number of ether oxygens (including phenoxy) is 1. The van der Waals surface area contributed by atoms with Crippen molar-refractivity contribution in [1.29, 1.82) is 0 Å². The number of rotatable bonds is 9. The van der Waals surface area contributed by atoms with E-state index in [4.69, 9.17) is 4.74 Å². The highest BCUT2D eigenvalue weighted by molar-refractivity contribution is 9.10. The van der Waals surface area contributed by atoms with E-state index in [1.54, 1.807) is 0 Å². The van der Waals surface area contributed by atoms with Gasteiger partial charge in [-0.15, -0.1) is 0 Å². The molecule has 0 saturated carbocycles. The zero-order valence-corrected chi connectivity index (χ0v) is 12.8. The van der Waals surface area contributed by atoms with Crippen LogP contribution in [0.3, 0.4) is 0 Å². The summed E-state index contributed by atoms with van der Waals surface area (Å²) in [5, 5.41) is 6.02. The van der Waals surface area contributed by atoms with Crippen LogP contribution in [0.4, 0.5) is 0 Å². The predicted molar refractivity (Wildman–Crippen MR) is 80.4 cm³/mol. The minimum atomic E-state index is 0.0774. The molecular weight excluding hydrogens is 308 g/mol. The van der Waals surface area contributed by atoms with Gasteiger partial charge in [0.2, 0.25) is 5.91 Å². The van der Waals surface area contributed by atoms with Crippen molar-refractivity contribution in [1.82, 2.24) is 10.6 Å². The fourth-order valence-corrected chi connectivity index (χ4v) is 1.93. The van der Waals surface area contributed by atoms with Crippen molar-refractivity contribution < 1.29 is 9.53 Å². The van der Waals surface area contributed by atoms with Gasteiger partial charge in [-0.2, -0.15) is 0 Å². The average molecular weight is 329 g/mol. The molecule has 1 amide bonds. The summed E-state index contributed by atoms with van der Waals surface area (Å²) in [6, 6.07) is 7.70. The van der Waals surface area contributed by atoms with E-state index in [0.717, 1.165) is 23.3 Å². The molecule has 19 heavy (non-hydrogen) atoms. The second-order valence-electron chi connectivity index (χ2n) is 4.09. The molecule has 2 N–H and O–H groups in total. The van der Waals surface area contributed by atoms with E-state index in [2.05, 4.69) is 26.6 Å². The SMILES string of the molecule is CCNCCNC(=O)CCCOc1ccccc1Br. The summed E-state index contributed by atoms with van der Waals surface area (Å²) in [6.07, 6.45) is 1.21. The monoisotopic (exact) mass is 328 g/mol. The first-order valence-electron chi connectivity index (χ1n) is 6.58. The fourth-order valence-electron chi connectivity index (χ4n) is 1.53. The summed E-state index contributed by atoms with van der Waals surface area (Å²) in [4.78, 5) is 11.5. The van der Waals surface area contributed by atoms with Gasteiger partial charge in [-0.1, -0.05) is 19.1 Å². The van der Waals surface area contributed by atoms with Crippen molar-refractivity contribution >= 4 is 21.8 Å². The number of benzene rings is 1. The smallest absolute Gasteiger partial charge is 0.220 e. The summed E-state index contributed by atoms with van der Waals surface area (Å²) in [6.45, 7) is 5.01. The van der Waals surface area contributed by atoms with Crippen LogP contribution in [-0.2, 0) is 4.79 Å². The molecule has 1 aromatic carbocycles. The molecule has 0 heterocycles. The van der Waals surface area contributed by atoms with E-state index in [9.17, 15) is 4.79 Å². The lowest BCUT2D eigenvalue weighted by Crippen LogP contribution is -2.31. The lowest BCUT2D eigenvalue weighted by atomic mass is 10.3. The van der Waals surface area contributed by atoms with E-state index in [1.807, 2.05) is 31.2 Å². The highest BCUT2D eigenvalue weighted by Gasteiger charge is 2.02. The Morgan fingerprint density at radius 2 is 2.11 bits per heavy atom.